The first-order valence-corrected chi connectivity index (χ1v) is 15.1. The van der Waals surface area contributed by atoms with Crippen molar-refractivity contribution in [3.63, 3.8) is 0 Å². The summed E-state index contributed by atoms with van der Waals surface area (Å²) in [4.78, 5) is 40.8. The number of aromatic hydroxyl groups is 1. The molecule has 222 valence electrons. The van der Waals surface area contributed by atoms with Crippen molar-refractivity contribution in [2.24, 2.45) is 22.7 Å². The Labute approximate surface area is 242 Å². The minimum absolute atomic E-state index is 0.0282. The van der Waals surface area contributed by atoms with Gasteiger partial charge in [-0.15, -0.1) is 0 Å². The molecule has 4 atom stereocenters. The number of hydrogen-bond acceptors (Lipinski definition) is 7. The zero-order chi connectivity index (χ0) is 30.4. The molecule has 4 aliphatic rings. The molecular weight excluding hydrogens is 520 g/mol. The monoisotopic (exact) mass is 564 g/mol. The molecule has 0 saturated heterocycles. The van der Waals surface area contributed by atoms with Crippen LogP contribution in [0.4, 0.5) is 0 Å². The van der Waals surface area contributed by atoms with Crippen LogP contribution in [0.3, 0.4) is 0 Å². The third-order valence-corrected chi connectivity index (χ3v) is 10.7. The molecule has 1 aromatic carbocycles. The average Bonchev–Trinajstić information content (AvgIpc) is 2.86. The molecule has 0 aromatic heterocycles. The molecule has 2 fully saturated rings. The summed E-state index contributed by atoms with van der Waals surface area (Å²) in [6, 6.07) is 2.08. The number of hydrogen-bond donors (Lipinski definition) is 4. The van der Waals surface area contributed by atoms with Crippen LogP contribution in [0.15, 0.2) is 23.0 Å². The van der Waals surface area contributed by atoms with E-state index >= 15 is 0 Å². The zero-order valence-electron chi connectivity index (χ0n) is 25.4. The first kappa shape index (κ1) is 29.6. The summed E-state index contributed by atoms with van der Waals surface area (Å²) >= 11 is 0. The largest absolute Gasteiger partial charge is 0.508 e. The van der Waals surface area contributed by atoms with Crippen molar-refractivity contribution in [1.82, 2.24) is 0 Å². The third-order valence-electron chi connectivity index (χ3n) is 10.7. The van der Waals surface area contributed by atoms with Crippen LogP contribution in [0, 0.1) is 22.7 Å². The van der Waals surface area contributed by atoms with Gasteiger partial charge in [-0.3, -0.25) is 14.4 Å². The summed E-state index contributed by atoms with van der Waals surface area (Å²) in [6.07, 6.45) is 5.57. The van der Waals surface area contributed by atoms with E-state index in [2.05, 4.69) is 19.9 Å². The van der Waals surface area contributed by atoms with Crippen LogP contribution in [-0.2, 0) is 20.8 Å². The predicted octanol–water partition coefficient (Wildman–Crippen LogP) is 6.36. The van der Waals surface area contributed by atoms with E-state index in [1.54, 1.807) is 6.92 Å². The van der Waals surface area contributed by atoms with Gasteiger partial charge in [0.05, 0.1) is 5.56 Å². The van der Waals surface area contributed by atoms with Crippen LogP contribution in [0.25, 0.3) is 5.76 Å². The lowest BCUT2D eigenvalue weighted by Gasteiger charge is -2.60. The molecule has 0 amide bonds. The van der Waals surface area contributed by atoms with Crippen molar-refractivity contribution in [3.05, 3.63) is 45.2 Å². The second-order valence-electron chi connectivity index (χ2n) is 14.2. The highest BCUT2D eigenvalue weighted by atomic mass is 16.3. The highest BCUT2D eigenvalue weighted by molar-refractivity contribution is 6.24. The minimum Gasteiger partial charge on any atom is -0.508 e. The molecule has 2 saturated carbocycles. The number of Topliss-reactive ketones (excluding diaryl/α,β-unsaturated/α-hetero) is 3. The van der Waals surface area contributed by atoms with Gasteiger partial charge in [-0.1, -0.05) is 66.9 Å². The second-order valence-corrected chi connectivity index (χ2v) is 14.2. The Morgan fingerprint density at radius 2 is 1.61 bits per heavy atom. The topological polar surface area (TPSA) is 132 Å². The number of rotatable bonds is 4. The van der Waals surface area contributed by atoms with Crippen LogP contribution in [-0.4, -0.2) is 43.4 Å². The van der Waals surface area contributed by atoms with Crippen LogP contribution in [0.1, 0.15) is 121 Å². The Morgan fingerprint density at radius 3 is 2.15 bits per heavy atom. The quantitative estimate of drug-likeness (QED) is 0.313. The molecule has 7 heteroatoms. The van der Waals surface area contributed by atoms with Crippen LogP contribution in [0.5, 0.6) is 5.75 Å². The first-order valence-electron chi connectivity index (χ1n) is 15.1. The highest BCUT2D eigenvalue weighted by Crippen LogP contribution is 2.65. The van der Waals surface area contributed by atoms with Gasteiger partial charge in [0.25, 0.3) is 0 Å². The Hall–Kier alpha value is -2.93. The van der Waals surface area contributed by atoms with E-state index in [-0.39, 0.29) is 46.8 Å². The molecule has 1 unspecified atom stereocenters. The van der Waals surface area contributed by atoms with Gasteiger partial charge >= 0.3 is 0 Å². The summed E-state index contributed by atoms with van der Waals surface area (Å²) < 4.78 is 0. The van der Waals surface area contributed by atoms with Crippen LogP contribution in [0.2, 0.25) is 0 Å². The fraction of sp³-hybridized carbons (Fsp3) is 0.618. The lowest BCUT2D eigenvalue weighted by Crippen LogP contribution is -2.69. The molecule has 1 aromatic rings. The van der Waals surface area contributed by atoms with Crippen LogP contribution >= 0.6 is 0 Å². The van der Waals surface area contributed by atoms with E-state index in [4.69, 9.17) is 0 Å². The molecule has 0 radical (unpaired) electrons. The number of aliphatic hydroxyl groups excluding tert-OH is 2. The molecule has 4 aliphatic carbocycles. The molecule has 0 bridgehead atoms. The molecule has 7 nitrogen and oxygen atoms in total. The van der Waals surface area contributed by atoms with Gasteiger partial charge in [0.1, 0.15) is 22.8 Å². The van der Waals surface area contributed by atoms with Gasteiger partial charge < -0.3 is 20.4 Å². The van der Waals surface area contributed by atoms with E-state index in [1.807, 2.05) is 20.8 Å². The van der Waals surface area contributed by atoms with Crippen molar-refractivity contribution < 1.29 is 34.8 Å². The number of allylic oxidation sites excluding steroid dienone is 1. The summed E-state index contributed by atoms with van der Waals surface area (Å²) in [5.41, 5.74) is -2.87. The predicted molar refractivity (Wildman–Crippen MR) is 156 cm³/mol. The van der Waals surface area contributed by atoms with E-state index < -0.39 is 51.0 Å². The fourth-order valence-electron chi connectivity index (χ4n) is 9.07. The Kier molecular flexibility index (Phi) is 6.88. The summed E-state index contributed by atoms with van der Waals surface area (Å²) in [7, 11) is 0. The number of carbonyl (C=O) groups excluding carboxylic acids is 3. The molecule has 4 N–H and O–H groups in total. The van der Waals surface area contributed by atoms with Crippen molar-refractivity contribution in [3.8, 4) is 5.75 Å². The van der Waals surface area contributed by atoms with Crippen molar-refractivity contribution in [2.75, 3.05) is 0 Å². The number of benzene rings is 1. The molecule has 0 aliphatic heterocycles. The lowest BCUT2D eigenvalue weighted by atomic mass is 9.43. The van der Waals surface area contributed by atoms with Crippen molar-refractivity contribution >= 4 is 23.1 Å². The van der Waals surface area contributed by atoms with E-state index in [1.165, 1.54) is 0 Å². The minimum atomic E-state index is -2.59. The maximum absolute atomic E-state index is 14.6. The molecule has 5 rings (SSSR count). The average molecular weight is 565 g/mol. The van der Waals surface area contributed by atoms with Gasteiger partial charge in [-0.05, 0) is 67.1 Å². The van der Waals surface area contributed by atoms with Gasteiger partial charge in [0, 0.05) is 22.3 Å². The molecule has 0 heterocycles. The van der Waals surface area contributed by atoms with Crippen molar-refractivity contribution in [1.29, 1.82) is 0 Å². The van der Waals surface area contributed by atoms with Gasteiger partial charge in [-0.2, -0.15) is 0 Å². The van der Waals surface area contributed by atoms with Gasteiger partial charge in [0.15, 0.2) is 17.2 Å². The Balaban J connectivity index is 1.81. The number of phenolic OH excluding ortho intramolecular Hbond substituents is 1. The maximum Gasteiger partial charge on any atom is 0.203 e. The smallest absolute Gasteiger partial charge is 0.203 e. The molecular formula is C34H44O7. The fourth-order valence-corrected chi connectivity index (χ4v) is 9.07. The lowest BCUT2D eigenvalue weighted by molar-refractivity contribution is -0.178. The van der Waals surface area contributed by atoms with Crippen molar-refractivity contribution in [2.45, 2.75) is 111 Å². The summed E-state index contributed by atoms with van der Waals surface area (Å²) in [5.74, 6) is -4.59. The van der Waals surface area contributed by atoms with E-state index in [0.717, 1.165) is 55.7 Å². The molecule has 41 heavy (non-hydrogen) atoms. The van der Waals surface area contributed by atoms with Gasteiger partial charge in [-0.25, -0.2) is 0 Å². The third kappa shape index (κ3) is 3.83. The van der Waals surface area contributed by atoms with E-state index in [0.29, 0.717) is 6.42 Å². The number of phenols is 1. The Bertz CT molecular complexity index is 1420. The maximum atomic E-state index is 14.6. The number of carbonyl (C=O) groups is 3. The summed E-state index contributed by atoms with van der Waals surface area (Å²) in [6.45, 7) is 12.4. The molecule has 0 spiro atoms. The van der Waals surface area contributed by atoms with E-state index in [9.17, 15) is 34.8 Å². The Morgan fingerprint density at radius 1 is 1.00 bits per heavy atom. The number of aliphatic hydroxyl groups is 3. The standard InChI is InChI=1S/C34H44O7/c1-16(2)20-13-21(19-11-9-8-10-12-19)27(36)24-22(20)14-32(6)15-33(7)25(17(3)4)28(37)23(18(5)35)30(39)34(33,41)31(40)26(32)29(24)38/h13,16-17,19,25,36,38-39,41H,8-12,14-15H2,1-7H3/t25?,32-,33-,34+/m1/s1. The number of fused-ring (bicyclic) bond motifs is 3. The highest BCUT2D eigenvalue weighted by Gasteiger charge is 2.72. The van der Waals surface area contributed by atoms with Crippen LogP contribution < -0.4 is 0 Å². The SMILES string of the molecule is CC(=O)C1=C(O)[C@]2(O)C(=O)C3=C(O)c4c(O)c(C5CCCCC5)cc(C(C)C)c4C[C@]3(C)C[C@]2(C)C(C(C)C)C1=O. The summed E-state index contributed by atoms with van der Waals surface area (Å²) in [5, 5.41) is 47.2. The first-order chi connectivity index (χ1) is 19.0. The number of ketones is 3. The second kappa shape index (κ2) is 9.55. The zero-order valence-corrected chi connectivity index (χ0v) is 25.4. The normalized spacial score (nSPS) is 32.4. The van der Waals surface area contributed by atoms with Gasteiger partial charge in [0.2, 0.25) is 5.78 Å².